The predicted octanol–water partition coefficient (Wildman–Crippen LogP) is 3.93. The van der Waals surface area contributed by atoms with E-state index in [4.69, 9.17) is 5.73 Å². The van der Waals surface area contributed by atoms with Gasteiger partial charge >= 0.3 is 6.18 Å². The molecule has 7 nitrogen and oxygen atoms in total. The molecule has 0 aliphatic heterocycles. The number of carbonyl (C=O) groups excluding carboxylic acids is 1. The maximum atomic E-state index is 13.9. The number of nitrogens with zero attached hydrogens (tertiary/aromatic N) is 3. The summed E-state index contributed by atoms with van der Waals surface area (Å²) in [6.45, 7) is 0. The summed E-state index contributed by atoms with van der Waals surface area (Å²) in [7, 11) is 0. The van der Waals surface area contributed by atoms with Crippen LogP contribution in [-0.2, 0) is 6.18 Å². The molecule has 4 rings (SSSR count). The second-order valence-corrected chi connectivity index (χ2v) is 7.59. The molecular weight excluding hydrogens is 435 g/mol. The number of alkyl halides is 5. The fourth-order valence-corrected chi connectivity index (χ4v) is 3.74. The van der Waals surface area contributed by atoms with Gasteiger partial charge in [-0.1, -0.05) is 0 Å². The highest BCUT2D eigenvalue weighted by Crippen LogP contribution is 2.38. The van der Waals surface area contributed by atoms with Crippen LogP contribution in [0.1, 0.15) is 35.2 Å². The monoisotopic (exact) mass is 454 g/mol. The molecule has 0 radical (unpaired) electrons. The Labute approximate surface area is 178 Å². The molecule has 1 aliphatic carbocycles. The molecule has 170 valence electrons. The Morgan fingerprint density at radius 3 is 2.81 bits per heavy atom. The van der Waals surface area contributed by atoms with Crippen molar-refractivity contribution >= 4 is 22.9 Å². The van der Waals surface area contributed by atoms with Crippen LogP contribution in [0.2, 0.25) is 0 Å². The summed E-state index contributed by atoms with van der Waals surface area (Å²) in [6.07, 6.45) is -0.381. The average Bonchev–Trinajstić information content (AvgIpc) is 3.15. The van der Waals surface area contributed by atoms with Crippen LogP contribution in [0, 0.1) is 0 Å². The van der Waals surface area contributed by atoms with Crippen LogP contribution in [0.3, 0.4) is 0 Å². The summed E-state index contributed by atoms with van der Waals surface area (Å²) in [5.74, 6) is -3.92. The fourth-order valence-electron chi connectivity index (χ4n) is 3.74. The van der Waals surface area contributed by atoms with Gasteiger partial charge in [0.25, 0.3) is 11.8 Å². The maximum absolute atomic E-state index is 13.9. The van der Waals surface area contributed by atoms with Crippen molar-refractivity contribution in [1.82, 2.24) is 14.6 Å². The number of fused-ring (bicyclic) bond motifs is 1. The average molecular weight is 454 g/mol. The minimum atomic E-state index is -4.76. The van der Waals surface area contributed by atoms with Gasteiger partial charge in [-0.05, 0) is 37.1 Å². The summed E-state index contributed by atoms with van der Waals surface area (Å²) < 4.78 is 69.7. The van der Waals surface area contributed by atoms with Gasteiger partial charge in [-0.2, -0.15) is 18.3 Å². The van der Waals surface area contributed by atoms with Crippen LogP contribution in [0.25, 0.3) is 5.65 Å². The van der Waals surface area contributed by atoms with Crippen molar-refractivity contribution in [3.63, 3.8) is 0 Å². The Bertz CT molecular complexity index is 1140. The number of aromatic nitrogens is 3. The van der Waals surface area contributed by atoms with Crippen LogP contribution in [0.5, 0.6) is 0 Å². The van der Waals surface area contributed by atoms with E-state index < -0.39 is 41.3 Å². The van der Waals surface area contributed by atoms with Gasteiger partial charge in [0.15, 0.2) is 5.65 Å². The molecule has 4 N–H and O–H groups in total. The highest BCUT2D eigenvalue weighted by atomic mass is 19.4. The second-order valence-electron chi connectivity index (χ2n) is 7.59. The third-order valence-corrected chi connectivity index (χ3v) is 5.40. The Balaban J connectivity index is 1.63. The number of amides is 1. The van der Waals surface area contributed by atoms with E-state index in [1.54, 1.807) is 6.07 Å². The van der Waals surface area contributed by atoms with E-state index in [1.807, 2.05) is 0 Å². The Hall–Kier alpha value is -3.28. The van der Waals surface area contributed by atoms with Gasteiger partial charge in [0.1, 0.15) is 5.56 Å². The van der Waals surface area contributed by atoms with E-state index in [-0.39, 0.29) is 29.7 Å². The van der Waals surface area contributed by atoms with Gasteiger partial charge in [-0.3, -0.25) is 4.79 Å². The van der Waals surface area contributed by atoms with Crippen molar-refractivity contribution in [2.45, 2.75) is 43.4 Å². The molecule has 1 aromatic carbocycles. The SMILES string of the molecule is N[C@@H]1[C@H](Nc2ccc(C(F)(F)F)c(NC(=O)c3cnn4cccnc34)c2)CCCC1(F)F. The standard InChI is InChI=1S/C20H19F5N6O/c21-19(22)6-1-3-14(16(19)26)29-11-4-5-13(20(23,24)25)15(9-11)30-18(32)12-10-28-31-8-2-7-27-17(12)31/h2,4-5,7-10,14,16,29H,1,3,6,26H2,(H,30,32)/t14-,16-/m1/s1. The zero-order valence-corrected chi connectivity index (χ0v) is 16.5. The van der Waals surface area contributed by atoms with Gasteiger partial charge < -0.3 is 16.4 Å². The first kappa shape index (κ1) is 21.9. The first-order valence-electron chi connectivity index (χ1n) is 9.77. The molecule has 32 heavy (non-hydrogen) atoms. The number of carbonyl (C=O) groups is 1. The second kappa shape index (κ2) is 8.01. The van der Waals surface area contributed by atoms with Crippen molar-refractivity contribution in [1.29, 1.82) is 0 Å². The van der Waals surface area contributed by atoms with E-state index in [0.29, 0.717) is 6.42 Å². The largest absolute Gasteiger partial charge is 0.418 e. The van der Waals surface area contributed by atoms with Crippen molar-refractivity contribution in [2.75, 3.05) is 10.6 Å². The molecule has 1 saturated carbocycles. The molecule has 12 heteroatoms. The van der Waals surface area contributed by atoms with Gasteiger partial charge in [0.05, 0.1) is 23.5 Å². The summed E-state index contributed by atoms with van der Waals surface area (Å²) in [6, 6.07) is 2.22. The maximum Gasteiger partial charge on any atom is 0.418 e. The topological polar surface area (TPSA) is 97.3 Å². The molecule has 0 spiro atoms. The van der Waals surface area contributed by atoms with Crippen LogP contribution in [0.15, 0.2) is 42.9 Å². The molecule has 0 bridgehead atoms. The van der Waals surface area contributed by atoms with E-state index >= 15 is 0 Å². The number of hydrogen-bond donors (Lipinski definition) is 3. The van der Waals surface area contributed by atoms with Gasteiger partial charge in [0.2, 0.25) is 0 Å². The Kier molecular flexibility index (Phi) is 5.49. The molecule has 2 atom stereocenters. The fraction of sp³-hybridized carbons (Fsp3) is 0.350. The molecule has 1 aliphatic rings. The van der Waals surface area contributed by atoms with Crippen LogP contribution >= 0.6 is 0 Å². The van der Waals surface area contributed by atoms with Gasteiger partial charge in [-0.25, -0.2) is 18.3 Å². The summed E-state index contributed by atoms with van der Waals surface area (Å²) in [5.41, 5.74) is 4.32. The number of anilines is 2. The van der Waals surface area contributed by atoms with E-state index in [9.17, 15) is 26.7 Å². The molecule has 1 amide bonds. The van der Waals surface area contributed by atoms with Crippen LogP contribution in [0.4, 0.5) is 33.3 Å². The third-order valence-electron chi connectivity index (χ3n) is 5.40. The third kappa shape index (κ3) is 4.22. The molecule has 2 heterocycles. The van der Waals surface area contributed by atoms with Crippen molar-refractivity contribution in [2.24, 2.45) is 5.73 Å². The lowest BCUT2D eigenvalue weighted by atomic mass is 9.87. The minimum absolute atomic E-state index is 0.0222. The van der Waals surface area contributed by atoms with E-state index in [0.717, 1.165) is 18.2 Å². The summed E-state index contributed by atoms with van der Waals surface area (Å²) in [4.78, 5) is 16.7. The number of halogens is 5. The number of rotatable bonds is 4. The molecular formula is C20H19F5N6O. The van der Waals surface area contributed by atoms with Gasteiger partial charge in [0, 0.05) is 30.5 Å². The Morgan fingerprint density at radius 1 is 1.28 bits per heavy atom. The van der Waals surface area contributed by atoms with Crippen LogP contribution < -0.4 is 16.4 Å². The zero-order chi connectivity index (χ0) is 23.1. The first-order valence-corrected chi connectivity index (χ1v) is 9.77. The molecule has 1 fully saturated rings. The highest BCUT2D eigenvalue weighted by Gasteiger charge is 2.44. The highest BCUT2D eigenvalue weighted by molar-refractivity contribution is 6.08. The van der Waals surface area contributed by atoms with E-state index in [2.05, 4.69) is 20.7 Å². The number of benzene rings is 1. The van der Waals surface area contributed by atoms with E-state index in [1.165, 1.54) is 23.1 Å². The van der Waals surface area contributed by atoms with Crippen LogP contribution in [-0.4, -0.2) is 38.5 Å². The molecule has 2 aromatic heterocycles. The van der Waals surface area contributed by atoms with Gasteiger partial charge in [-0.15, -0.1) is 0 Å². The van der Waals surface area contributed by atoms with Crippen molar-refractivity contribution in [3.05, 3.63) is 54.0 Å². The number of nitrogens with one attached hydrogen (secondary N) is 2. The minimum Gasteiger partial charge on any atom is -0.380 e. The predicted molar refractivity (Wildman–Crippen MR) is 107 cm³/mol. The van der Waals surface area contributed by atoms with Crippen molar-refractivity contribution < 1.29 is 26.7 Å². The molecule has 0 saturated heterocycles. The number of hydrogen-bond acceptors (Lipinski definition) is 5. The van der Waals surface area contributed by atoms with Crippen molar-refractivity contribution in [3.8, 4) is 0 Å². The molecule has 0 unspecified atom stereocenters. The normalized spacial score (nSPS) is 20.8. The molecule has 3 aromatic rings. The zero-order valence-electron chi connectivity index (χ0n) is 16.5. The summed E-state index contributed by atoms with van der Waals surface area (Å²) >= 11 is 0. The smallest absolute Gasteiger partial charge is 0.380 e. The number of nitrogens with two attached hydrogens (primary N) is 1. The first-order chi connectivity index (χ1) is 15.1. The lowest BCUT2D eigenvalue weighted by molar-refractivity contribution is -0.136. The quantitative estimate of drug-likeness (QED) is 0.519. The lowest BCUT2D eigenvalue weighted by Crippen LogP contribution is -2.55. The lowest BCUT2D eigenvalue weighted by Gasteiger charge is -2.36. The Morgan fingerprint density at radius 2 is 2.06 bits per heavy atom. The summed E-state index contributed by atoms with van der Waals surface area (Å²) in [5, 5.41) is 8.98.